The van der Waals surface area contributed by atoms with Gasteiger partial charge in [0.15, 0.2) is 0 Å². The highest BCUT2D eigenvalue weighted by atomic mass is 16.5. The van der Waals surface area contributed by atoms with Crippen LogP contribution in [0.25, 0.3) is 0 Å². The molecule has 0 aromatic heterocycles. The minimum Gasteiger partial charge on any atom is -0.454 e. The van der Waals surface area contributed by atoms with E-state index in [1.165, 1.54) is 6.47 Å². The third-order valence-corrected chi connectivity index (χ3v) is 3.23. The maximum Gasteiger partial charge on any atom is 0.417 e. The lowest BCUT2D eigenvalue weighted by Gasteiger charge is -2.36. The maximum absolute atomic E-state index is 10.1. The van der Waals surface area contributed by atoms with Gasteiger partial charge in [-0.1, -0.05) is 27.7 Å². The molecule has 0 aromatic carbocycles. The summed E-state index contributed by atoms with van der Waals surface area (Å²) < 4.78 is 4.85. The van der Waals surface area contributed by atoms with Crippen molar-refractivity contribution in [3.63, 3.8) is 0 Å². The van der Waals surface area contributed by atoms with Crippen LogP contribution in [0.3, 0.4) is 0 Å². The highest BCUT2D eigenvalue weighted by Crippen LogP contribution is 2.35. The monoisotopic (exact) mass is 171 g/mol. The summed E-state index contributed by atoms with van der Waals surface area (Å²) in [4.78, 5) is 10.1. The first-order valence-corrected chi connectivity index (χ1v) is 4.51. The van der Waals surface area contributed by atoms with Gasteiger partial charge in [0.25, 0.3) is 0 Å². The molecular weight excluding hydrogens is 152 g/mol. The molecule has 1 radical (unpaired) electrons. The lowest BCUT2D eigenvalue weighted by Crippen LogP contribution is -2.36. The van der Waals surface area contributed by atoms with Gasteiger partial charge in [0.1, 0.15) is 6.10 Å². The highest BCUT2D eigenvalue weighted by Gasteiger charge is 2.34. The van der Waals surface area contributed by atoms with Gasteiger partial charge in [-0.25, -0.2) is 4.79 Å². The van der Waals surface area contributed by atoms with E-state index in [1.54, 1.807) is 0 Å². The number of carbonyl (C=O) groups excluding carboxylic acids is 1. The number of rotatable bonds is 5. The molecule has 0 spiro atoms. The Hall–Kier alpha value is -0.530. The molecule has 2 nitrogen and oxygen atoms in total. The van der Waals surface area contributed by atoms with E-state index in [-0.39, 0.29) is 11.5 Å². The lowest BCUT2D eigenvalue weighted by molar-refractivity contribution is 0.0213. The van der Waals surface area contributed by atoms with Crippen molar-refractivity contribution >= 4 is 6.47 Å². The Morgan fingerprint density at radius 3 is 2.17 bits per heavy atom. The average Bonchev–Trinajstić information content (AvgIpc) is 2.03. The summed E-state index contributed by atoms with van der Waals surface area (Å²) in [5.41, 5.74) is 0.0669. The second kappa shape index (κ2) is 4.48. The van der Waals surface area contributed by atoms with Crippen LogP contribution in [0.1, 0.15) is 41.0 Å². The molecule has 0 saturated carbocycles. The van der Waals surface area contributed by atoms with Crippen LogP contribution < -0.4 is 0 Å². The van der Waals surface area contributed by atoms with Crippen molar-refractivity contribution in [3.8, 4) is 0 Å². The fourth-order valence-electron chi connectivity index (χ4n) is 1.37. The summed E-state index contributed by atoms with van der Waals surface area (Å²) in [6, 6.07) is 0. The third-order valence-electron chi connectivity index (χ3n) is 3.23. The Kier molecular flexibility index (Phi) is 4.29. The third kappa shape index (κ3) is 2.23. The Morgan fingerprint density at radius 2 is 1.92 bits per heavy atom. The zero-order valence-electron chi connectivity index (χ0n) is 8.68. The summed E-state index contributed by atoms with van der Waals surface area (Å²) in [5.74, 6) is 0.505. The van der Waals surface area contributed by atoms with E-state index >= 15 is 0 Å². The zero-order valence-corrected chi connectivity index (χ0v) is 8.68. The van der Waals surface area contributed by atoms with Crippen molar-refractivity contribution in [2.75, 3.05) is 0 Å². The summed E-state index contributed by atoms with van der Waals surface area (Å²) in [7, 11) is 0. The summed E-state index contributed by atoms with van der Waals surface area (Å²) in [6.07, 6.45) is 0.952. The van der Waals surface area contributed by atoms with Gasteiger partial charge in [-0.3, -0.25) is 0 Å². The molecule has 0 aromatic rings. The molecule has 0 aliphatic rings. The van der Waals surface area contributed by atoms with Gasteiger partial charge in [0.2, 0.25) is 0 Å². The first-order chi connectivity index (χ1) is 5.49. The Morgan fingerprint density at radius 1 is 1.42 bits per heavy atom. The Labute approximate surface area is 75.3 Å². The van der Waals surface area contributed by atoms with Crippen LogP contribution in [0.5, 0.6) is 0 Å². The van der Waals surface area contributed by atoms with Crippen LogP contribution in [0.2, 0.25) is 0 Å². The normalized spacial score (nSPS) is 18.5. The summed E-state index contributed by atoms with van der Waals surface area (Å²) >= 11 is 0. The molecule has 0 N–H and O–H groups in total. The minimum absolute atomic E-state index is 0.0556. The molecule has 0 heterocycles. The quantitative estimate of drug-likeness (QED) is 0.635. The first-order valence-electron chi connectivity index (χ1n) is 4.51. The zero-order chi connectivity index (χ0) is 9.78. The van der Waals surface area contributed by atoms with Crippen molar-refractivity contribution in [2.24, 2.45) is 11.3 Å². The summed E-state index contributed by atoms with van der Waals surface area (Å²) in [5, 5.41) is 0. The van der Waals surface area contributed by atoms with Gasteiger partial charge in [0.05, 0.1) is 0 Å². The molecular formula is C10H19O2. The van der Waals surface area contributed by atoms with Crippen molar-refractivity contribution < 1.29 is 9.53 Å². The van der Waals surface area contributed by atoms with Crippen LogP contribution in [0.4, 0.5) is 0 Å². The summed E-state index contributed by atoms with van der Waals surface area (Å²) in [6.45, 7) is 12.0. The molecule has 71 valence electrons. The van der Waals surface area contributed by atoms with Crippen molar-refractivity contribution in [3.05, 3.63) is 0 Å². The number of ether oxygens (including phenoxy) is 1. The van der Waals surface area contributed by atoms with Crippen molar-refractivity contribution in [2.45, 2.75) is 47.1 Å². The molecule has 12 heavy (non-hydrogen) atoms. The van der Waals surface area contributed by atoms with Gasteiger partial charge in [-0.2, -0.15) is 0 Å². The van der Waals surface area contributed by atoms with E-state index in [0.717, 1.165) is 6.42 Å². The SMILES string of the molecule is CCC(C)(C(C)C)C(C)O[C]=O. The molecule has 2 unspecified atom stereocenters. The molecule has 0 aliphatic heterocycles. The first kappa shape index (κ1) is 11.5. The van der Waals surface area contributed by atoms with Crippen molar-refractivity contribution in [1.82, 2.24) is 0 Å². The molecule has 0 rings (SSSR count). The molecule has 2 atom stereocenters. The Bertz CT molecular complexity index is 143. The van der Waals surface area contributed by atoms with Gasteiger partial charge in [0, 0.05) is 5.41 Å². The number of hydrogen-bond donors (Lipinski definition) is 0. The smallest absolute Gasteiger partial charge is 0.417 e. The van der Waals surface area contributed by atoms with E-state index in [1.807, 2.05) is 6.92 Å². The van der Waals surface area contributed by atoms with E-state index in [2.05, 4.69) is 27.7 Å². The molecule has 0 amide bonds. The fourth-order valence-corrected chi connectivity index (χ4v) is 1.37. The molecule has 0 bridgehead atoms. The van der Waals surface area contributed by atoms with E-state index in [4.69, 9.17) is 4.74 Å². The highest BCUT2D eigenvalue weighted by molar-refractivity contribution is 5.38. The molecule has 0 fully saturated rings. The van der Waals surface area contributed by atoms with E-state index in [0.29, 0.717) is 5.92 Å². The molecule has 2 heteroatoms. The average molecular weight is 171 g/mol. The molecule has 0 saturated heterocycles. The largest absolute Gasteiger partial charge is 0.454 e. The van der Waals surface area contributed by atoms with E-state index < -0.39 is 0 Å². The lowest BCUT2D eigenvalue weighted by atomic mass is 9.73. The predicted octanol–water partition coefficient (Wildman–Crippen LogP) is 2.53. The van der Waals surface area contributed by atoms with Crippen LogP contribution >= 0.6 is 0 Å². The second-order valence-corrected chi connectivity index (χ2v) is 3.86. The van der Waals surface area contributed by atoms with Crippen LogP contribution in [0.15, 0.2) is 0 Å². The topological polar surface area (TPSA) is 26.3 Å². The maximum atomic E-state index is 10.1. The van der Waals surface area contributed by atoms with Gasteiger partial charge < -0.3 is 4.74 Å². The van der Waals surface area contributed by atoms with Crippen LogP contribution in [-0.2, 0) is 9.53 Å². The standard InChI is InChI=1S/C10H19O2/c1-6-10(5,8(2)3)9(4)12-7-11/h8-9H,6H2,1-5H3. The number of hydrogen-bond acceptors (Lipinski definition) is 2. The fraction of sp³-hybridized carbons (Fsp3) is 0.900. The van der Waals surface area contributed by atoms with E-state index in [9.17, 15) is 4.79 Å². The second-order valence-electron chi connectivity index (χ2n) is 3.86. The molecule has 0 aliphatic carbocycles. The van der Waals surface area contributed by atoms with Crippen molar-refractivity contribution in [1.29, 1.82) is 0 Å². The van der Waals surface area contributed by atoms with Gasteiger partial charge in [-0.15, -0.1) is 0 Å². The minimum atomic E-state index is -0.0556. The van der Waals surface area contributed by atoms with Crippen LogP contribution in [-0.4, -0.2) is 12.6 Å². The van der Waals surface area contributed by atoms with Crippen LogP contribution in [0, 0.1) is 11.3 Å². The Balaban J connectivity index is 4.38. The predicted molar refractivity (Wildman–Crippen MR) is 49.5 cm³/mol. The van der Waals surface area contributed by atoms with Gasteiger partial charge >= 0.3 is 6.47 Å². The van der Waals surface area contributed by atoms with Gasteiger partial charge in [-0.05, 0) is 19.3 Å².